The van der Waals surface area contributed by atoms with Gasteiger partial charge in [0, 0.05) is 31.9 Å². The largest absolute Gasteiger partial charge is 0.469 e. The summed E-state index contributed by atoms with van der Waals surface area (Å²) >= 11 is 5.69. The van der Waals surface area contributed by atoms with Crippen LogP contribution in [-0.2, 0) is 16.0 Å². The summed E-state index contributed by atoms with van der Waals surface area (Å²) < 4.78 is 4.72. The van der Waals surface area contributed by atoms with Crippen LogP contribution in [0.2, 0.25) is 0 Å². The lowest BCUT2D eigenvalue weighted by Gasteiger charge is -2.40. The Balaban J connectivity index is 1.37. The van der Waals surface area contributed by atoms with Crippen molar-refractivity contribution >= 4 is 29.0 Å². The fourth-order valence-corrected chi connectivity index (χ4v) is 4.52. The van der Waals surface area contributed by atoms with Gasteiger partial charge in [0.2, 0.25) is 0 Å². The highest BCUT2D eigenvalue weighted by molar-refractivity contribution is 7.80. The highest BCUT2D eigenvalue weighted by atomic mass is 32.1. The summed E-state index contributed by atoms with van der Waals surface area (Å²) in [6.45, 7) is 3.58. The van der Waals surface area contributed by atoms with E-state index < -0.39 is 0 Å². The standard InChI is InChI=1S/C27H29N3O2S/c1-32-25(31)20-21-12-14-24(15-13-21)28-27(33)30-18-16-29(17-19-30)26(22-8-4-2-5-9-22)23-10-6-3-7-11-23/h2-15,26H,16-20H2,1H3,(H,28,33). The van der Waals surface area contributed by atoms with E-state index in [9.17, 15) is 4.79 Å². The van der Waals surface area contributed by atoms with Gasteiger partial charge in [-0.25, -0.2) is 0 Å². The highest BCUT2D eigenvalue weighted by Gasteiger charge is 2.27. The van der Waals surface area contributed by atoms with Crippen LogP contribution >= 0.6 is 12.2 Å². The van der Waals surface area contributed by atoms with Crippen LogP contribution < -0.4 is 5.32 Å². The van der Waals surface area contributed by atoms with Gasteiger partial charge in [-0.2, -0.15) is 0 Å². The molecule has 170 valence electrons. The van der Waals surface area contributed by atoms with Crippen LogP contribution in [0.1, 0.15) is 22.7 Å². The zero-order valence-corrected chi connectivity index (χ0v) is 19.6. The van der Waals surface area contributed by atoms with Gasteiger partial charge in [0.15, 0.2) is 5.11 Å². The van der Waals surface area contributed by atoms with Crippen molar-refractivity contribution in [1.29, 1.82) is 0 Å². The molecular weight excluding hydrogens is 430 g/mol. The molecule has 1 saturated heterocycles. The first-order valence-electron chi connectivity index (χ1n) is 11.2. The molecule has 0 bridgehead atoms. The molecule has 4 rings (SSSR count). The summed E-state index contributed by atoms with van der Waals surface area (Å²) in [6.07, 6.45) is 0.271. The third kappa shape index (κ3) is 5.97. The van der Waals surface area contributed by atoms with Crippen LogP contribution in [0.5, 0.6) is 0 Å². The minimum atomic E-state index is -0.242. The van der Waals surface area contributed by atoms with E-state index in [1.165, 1.54) is 18.2 Å². The zero-order chi connectivity index (χ0) is 23.0. The molecule has 6 heteroatoms. The van der Waals surface area contributed by atoms with Gasteiger partial charge in [-0.15, -0.1) is 0 Å². The average Bonchev–Trinajstić information content (AvgIpc) is 2.87. The van der Waals surface area contributed by atoms with Gasteiger partial charge < -0.3 is 15.0 Å². The second-order valence-corrected chi connectivity index (χ2v) is 8.51. The number of hydrogen-bond donors (Lipinski definition) is 1. The van der Waals surface area contributed by atoms with Crippen molar-refractivity contribution in [3.63, 3.8) is 0 Å². The lowest BCUT2D eigenvalue weighted by molar-refractivity contribution is -0.139. The van der Waals surface area contributed by atoms with Gasteiger partial charge in [-0.3, -0.25) is 9.69 Å². The number of methoxy groups -OCH3 is 1. The summed E-state index contributed by atoms with van der Waals surface area (Å²) in [4.78, 5) is 16.2. The summed E-state index contributed by atoms with van der Waals surface area (Å²) in [6, 6.07) is 29.4. The number of piperazine rings is 1. The van der Waals surface area contributed by atoms with E-state index >= 15 is 0 Å². The van der Waals surface area contributed by atoms with Gasteiger partial charge >= 0.3 is 5.97 Å². The fourth-order valence-electron chi connectivity index (χ4n) is 4.22. The van der Waals surface area contributed by atoms with Crippen LogP contribution in [0.25, 0.3) is 0 Å². The van der Waals surface area contributed by atoms with Gasteiger partial charge in [0.1, 0.15) is 0 Å². The molecule has 0 radical (unpaired) electrons. The molecule has 1 aliphatic rings. The third-order valence-electron chi connectivity index (χ3n) is 5.98. The SMILES string of the molecule is COC(=O)Cc1ccc(NC(=S)N2CCN(C(c3ccccc3)c3ccccc3)CC2)cc1. The number of carbonyl (C=O) groups excluding carboxylic acids is 1. The molecule has 1 aliphatic heterocycles. The number of nitrogens with zero attached hydrogens (tertiary/aromatic N) is 2. The number of hydrogen-bond acceptors (Lipinski definition) is 4. The minimum Gasteiger partial charge on any atom is -0.469 e. The molecule has 33 heavy (non-hydrogen) atoms. The van der Waals surface area contributed by atoms with Crippen molar-refractivity contribution in [3.8, 4) is 0 Å². The van der Waals surface area contributed by atoms with Gasteiger partial charge in [-0.1, -0.05) is 72.8 Å². The number of thiocarbonyl (C=S) groups is 1. The zero-order valence-electron chi connectivity index (χ0n) is 18.8. The van der Waals surface area contributed by atoms with E-state index in [1.54, 1.807) is 0 Å². The second-order valence-electron chi connectivity index (χ2n) is 8.13. The molecule has 0 spiro atoms. The number of carbonyl (C=O) groups is 1. The van der Waals surface area contributed by atoms with Crippen molar-refractivity contribution in [3.05, 3.63) is 102 Å². The van der Waals surface area contributed by atoms with Crippen LogP contribution in [0.4, 0.5) is 5.69 Å². The van der Waals surface area contributed by atoms with E-state index in [0.29, 0.717) is 0 Å². The van der Waals surface area contributed by atoms with Gasteiger partial charge in [0.05, 0.1) is 19.6 Å². The van der Waals surface area contributed by atoms with E-state index in [2.05, 4.69) is 75.8 Å². The molecule has 1 heterocycles. The second kappa shape index (κ2) is 11.1. The van der Waals surface area contributed by atoms with E-state index in [-0.39, 0.29) is 18.4 Å². The Labute approximate surface area is 201 Å². The van der Waals surface area contributed by atoms with E-state index in [4.69, 9.17) is 17.0 Å². The predicted octanol–water partition coefficient (Wildman–Crippen LogP) is 4.51. The van der Waals surface area contributed by atoms with Crippen LogP contribution in [0.15, 0.2) is 84.9 Å². The first kappa shape index (κ1) is 23.0. The number of nitrogens with one attached hydrogen (secondary N) is 1. The molecule has 1 fully saturated rings. The number of rotatable bonds is 6. The molecule has 0 amide bonds. The number of esters is 1. The topological polar surface area (TPSA) is 44.8 Å². The maximum Gasteiger partial charge on any atom is 0.309 e. The quantitative estimate of drug-likeness (QED) is 0.432. The smallest absolute Gasteiger partial charge is 0.309 e. The minimum absolute atomic E-state index is 0.235. The Morgan fingerprint density at radius 3 is 1.94 bits per heavy atom. The Bertz CT molecular complexity index is 1010. The highest BCUT2D eigenvalue weighted by Crippen LogP contribution is 2.29. The molecule has 0 unspecified atom stereocenters. The van der Waals surface area contributed by atoms with Crippen molar-refractivity contribution in [2.24, 2.45) is 0 Å². The number of ether oxygens (including phenoxy) is 1. The maximum atomic E-state index is 11.4. The molecule has 0 atom stereocenters. The Hall–Kier alpha value is -3.22. The normalized spacial score (nSPS) is 14.2. The lowest BCUT2D eigenvalue weighted by Crippen LogP contribution is -2.50. The van der Waals surface area contributed by atoms with E-state index in [1.807, 2.05) is 24.3 Å². The Morgan fingerprint density at radius 1 is 0.879 bits per heavy atom. The molecule has 0 aromatic heterocycles. The third-order valence-corrected chi connectivity index (χ3v) is 6.34. The van der Waals surface area contributed by atoms with Crippen molar-refractivity contribution in [2.45, 2.75) is 12.5 Å². The van der Waals surface area contributed by atoms with Crippen LogP contribution in [-0.4, -0.2) is 54.2 Å². The van der Waals surface area contributed by atoms with Crippen molar-refractivity contribution in [2.75, 3.05) is 38.6 Å². The fraction of sp³-hybridized carbons (Fsp3) is 0.259. The van der Waals surface area contributed by atoms with Crippen LogP contribution in [0.3, 0.4) is 0 Å². The van der Waals surface area contributed by atoms with E-state index in [0.717, 1.165) is 42.5 Å². The van der Waals surface area contributed by atoms with Crippen LogP contribution in [0, 0.1) is 0 Å². The summed E-state index contributed by atoms with van der Waals surface area (Å²) in [5.41, 5.74) is 4.46. The summed E-state index contributed by atoms with van der Waals surface area (Å²) in [5.74, 6) is -0.242. The Kier molecular flexibility index (Phi) is 7.70. The first-order valence-corrected chi connectivity index (χ1v) is 11.6. The molecule has 3 aromatic rings. The van der Waals surface area contributed by atoms with Crippen molar-refractivity contribution < 1.29 is 9.53 Å². The molecule has 0 saturated carbocycles. The average molecular weight is 460 g/mol. The molecular formula is C27H29N3O2S. The first-order chi connectivity index (χ1) is 16.1. The maximum absolute atomic E-state index is 11.4. The molecule has 1 N–H and O–H groups in total. The summed E-state index contributed by atoms with van der Waals surface area (Å²) in [7, 11) is 1.40. The predicted molar refractivity (Wildman–Crippen MR) is 136 cm³/mol. The molecule has 3 aromatic carbocycles. The summed E-state index contributed by atoms with van der Waals surface area (Å²) in [5, 5.41) is 4.06. The Morgan fingerprint density at radius 2 is 1.42 bits per heavy atom. The number of benzene rings is 3. The van der Waals surface area contributed by atoms with Gasteiger partial charge in [0.25, 0.3) is 0 Å². The van der Waals surface area contributed by atoms with Crippen molar-refractivity contribution in [1.82, 2.24) is 9.80 Å². The number of anilines is 1. The molecule has 0 aliphatic carbocycles. The lowest BCUT2D eigenvalue weighted by atomic mass is 9.96. The molecule has 5 nitrogen and oxygen atoms in total. The van der Waals surface area contributed by atoms with Gasteiger partial charge in [-0.05, 0) is 41.0 Å². The monoisotopic (exact) mass is 459 g/mol.